The van der Waals surface area contributed by atoms with Gasteiger partial charge in [0.05, 0.1) is 18.3 Å². The number of aliphatic carboxylic acids is 1. The fourth-order valence-corrected chi connectivity index (χ4v) is 2.50. The molecule has 0 amide bonds. The molecule has 0 bridgehead atoms. The SMILES string of the molecule is CC(C)Oc1cc(CNCC(=O)O)ccc1N1CCNCC1. The van der Waals surface area contributed by atoms with Crippen LogP contribution in [0.2, 0.25) is 0 Å². The molecule has 1 heterocycles. The molecule has 1 aromatic carbocycles. The van der Waals surface area contributed by atoms with Gasteiger partial charge in [0.1, 0.15) is 5.75 Å². The highest BCUT2D eigenvalue weighted by atomic mass is 16.5. The highest BCUT2D eigenvalue weighted by molar-refractivity contribution is 5.69. The molecule has 1 fully saturated rings. The lowest BCUT2D eigenvalue weighted by Crippen LogP contribution is -2.43. The van der Waals surface area contributed by atoms with Gasteiger partial charge in [0.2, 0.25) is 0 Å². The molecule has 2 rings (SSSR count). The predicted molar refractivity (Wildman–Crippen MR) is 86.6 cm³/mol. The molecule has 122 valence electrons. The van der Waals surface area contributed by atoms with Crippen molar-refractivity contribution in [2.45, 2.75) is 26.5 Å². The molecule has 0 unspecified atom stereocenters. The molecule has 6 heteroatoms. The van der Waals surface area contributed by atoms with Crippen LogP contribution in [0.3, 0.4) is 0 Å². The van der Waals surface area contributed by atoms with Crippen molar-refractivity contribution in [3.63, 3.8) is 0 Å². The van der Waals surface area contributed by atoms with Crippen LogP contribution in [-0.2, 0) is 11.3 Å². The lowest BCUT2D eigenvalue weighted by Gasteiger charge is -2.31. The van der Waals surface area contributed by atoms with Crippen LogP contribution in [0.15, 0.2) is 18.2 Å². The standard InChI is InChI=1S/C16H25N3O3/c1-12(2)22-15-9-13(10-18-11-16(20)21)3-4-14(15)19-7-5-17-6-8-19/h3-4,9,12,17-18H,5-8,10-11H2,1-2H3,(H,20,21). The van der Waals surface area contributed by atoms with Gasteiger partial charge in [-0.2, -0.15) is 0 Å². The number of rotatable bonds is 7. The molecule has 1 aliphatic heterocycles. The maximum Gasteiger partial charge on any atom is 0.317 e. The first-order chi connectivity index (χ1) is 10.6. The number of ether oxygens (including phenoxy) is 1. The summed E-state index contributed by atoms with van der Waals surface area (Å²) in [5.74, 6) is 0.0163. The topological polar surface area (TPSA) is 73.8 Å². The van der Waals surface area contributed by atoms with Gasteiger partial charge in [-0.1, -0.05) is 6.07 Å². The van der Waals surface area contributed by atoms with Crippen LogP contribution in [0, 0.1) is 0 Å². The molecule has 1 aliphatic rings. The second-order valence-corrected chi connectivity index (χ2v) is 5.70. The number of hydrogen-bond donors (Lipinski definition) is 3. The molecule has 3 N–H and O–H groups in total. The van der Waals surface area contributed by atoms with Crippen LogP contribution in [0.4, 0.5) is 5.69 Å². The number of benzene rings is 1. The minimum atomic E-state index is -0.851. The second-order valence-electron chi connectivity index (χ2n) is 5.70. The van der Waals surface area contributed by atoms with Gasteiger partial charge in [0.25, 0.3) is 0 Å². The zero-order chi connectivity index (χ0) is 15.9. The summed E-state index contributed by atoms with van der Waals surface area (Å²) in [5, 5.41) is 14.9. The summed E-state index contributed by atoms with van der Waals surface area (Å²) in [6.45, 7) is 8.37. The van der Waals surface area contributed by atoms with Gasteiger partial charge in [-0.3, -0.25) is 4.79 Å². The molecule has 0 radical (unpaired) electrons. The normalized spacial score (nSPS) is 15.1. The Morgan fingerprint density at radius 1 is 1.41 bits per heavy atom. The van der Waals surface area contributed by atoms with Gasteiger partial charge < -0.3 is 25.4 Å². The number of nitrogens with one attached hydrogen (secondary N) is 2. The molecular weight excluding hydrogens is 282 g/mol. The minimum absolute atomic E-state index is 0.0417. The summed E-state index contributed by atoms with van der Waals surface area (Å²) in [4.78, 5) is 12.9. The Bertz CT molecular complexity index is 499. The van der Waals surface area contributed by atoms with Crippen molar-refractivity contribution in [1.82, 2.24) is 10.6 Å². The van der Waals surface area contributed by atoms with E-state index in [9.17, 15) is 4.79 Å². The summed E-state index contributed by atoms with van der Waals surface area (Å²) >= 11 is 0. The predicted octanol–water partition coefficient (Wildman–Crippen LogP) is 1.06. The van der Waals surface area contributed by atoms with Crippen LogP contribution in [-0.4, -0.2) is 49.9 Å². The maximum atomic E-state index is 10.6. The molecule has 1 saturated heterocycles. The largest absolute Gasteiger partial charge is 0.489 e. The highest BCUT2D eigenvalue weighted by Crippen LogP contribution is 2.30. The van der Waals surface area contributed by atoms with E-state index in [1.54, 1.807) is 0 Å². The molecule has 0 saturated carbocycles. The second kappa shape index (κ2) is 8.00. The van der Waals surface area contributed by atoms with E-state index in [-0.39, 0.29) is 12.6 Å². The molecule has 0 atom stereocenters. The van der Waals surface area contributed by atoms with Crippen molar-refractivity contribution < 1.29 is 14.6 Å². The summed E-state index contributed by atoms with van der Waals surface area (Å²) in [5.41, 5.74) is 2.13. The maximum absolute atomic E-state index is 10.6. The van der Waals surface area contributed by atoms with E-state index in [0.717, 1.165) is 43.2 Å². The molecule has 6 nitrogen and oxygen atoms in total. The van der Waals surface area contributed by atoms with E-state index in [1.165, 1.54) is 0 Å². The zero-order valence-corrected chi connectivity index (χ0v) is 13.3. The van der Waals surface area contributed by atoms with Crippen molar-refractivity contribution >= 4 is 11.7 Å². The van der Waals surface area contributed by atoms with Crippen molar-refractivity contribution in [1.29, 1.82) is 0 Å². The number of anilines is 1. The van der Waals surface area contributed by atoms with E-state index in [2.05, 4.69) is 21.6 Å². The van der Waals surface area contributed by atoms with Gasteiger partial charge in [0, 0.05) is 32.7 Å². The fraction of sp³-hybridized carbons (Fsp3) is 0.562. The van der Waals surface area contributed by atoms with Crippen LogP contribution in [0.25, 0.3) is 0 Å². The summed E-state index contributed by atoms with van der Waals surface area (Å²) < 4.78 is 5.96. The molecule has 22 heavy (non-hydrogen) atoms. The Morgan fingerprint density at radius 3 is 2.77 bits per heavy atom. The lowest BCUT2D eigenvalue weighted by molar-refractivity contribution is -0.135. The van der Waals surface area contributed by atoms with Gasteiger partial charge in [0.15, 0.2) is 0 Å². The van der Waals surface area contributed by atoms with E-state index < -0.39 is 5.97 Å². The lowest BCUT2D eigenvalue weighted by atomic mass is 10.1. The molecule has 0 aromatic heterocycles. The Labute approximate surface area is 131 Å². The van der Waals surface area contributed by atoms with Gasteiger partial charge in [-0.15, -0.1) is 0 Å². The first kappa shape index (κ1) is 16.6. The van der Waals surface area contributed by atoms with Crippen molar-refractivity contribution in [3.05, 3.63) is 23.8 Å². The zero-order valence-electron chi connectivity index (χ0n) is 13.3. The first-order valence-electron chi connectivity index (χ1n) is 7.74. The number of carbonyl (C=O) groups is 1. The van der Waals surface area contributed by atoms with E-state index >= 15 is 0 Å². The molecule has 1 aromatic rings. The Hall–Kier alpha value is -1.79. The molecular formula is C16H25N3O3. The Kier molecular flexibility index (Phi) is 6.03. The average Bonchev–Trinajstić information content (AvgIpc) is 2.47. The minimum Gasteiger partial charge on any atom is -0.489 e. The fourth-order valence-electron chi connectivity index (χ4n) is 2.50. The van der Waals surface area contributed by atoms with Crippen LogP contribution >= 0.6 is 0 Å². The van der Waals surface area contributed by atoms with Gasteiger partial charge in [-0.25, -0.2) is 0 Å². The van der Waals surface area contributed by atoms with Crippen molar-refractivity contribution in [3.8, 4) is 5.75 Å². The van der Waals surface area contributed by atoms with E-state index in [4.69, 9.17) is 9.84 Å². The third-order valence-electron chi connectivity index (χ3n) is 3.45. The Morgan fingerprint density at radius 2 is 2.14 bits per heavy atom. The third-order valence-corrected chi connectivity index (χ3v) is 3.45. The number of carboxylic acids is 1. The number of piperazine rings is 1. The number of nitrogens with zero attached hydrogens (tertiary/aromatic N) is 1. The quantitative estimate of drug-likeness (QED) is 0.699. The van der Waals surface area contributed by atoms with Crippen LogP contribution < -0.4 is 20.3 Å². The van der Waals surface area contributed by atoms with E-state index in [0.29, 0.717) is 6.54 Å². The van der Waals surface area contributed by atoms with Gasteiger partial charge >= 0.3 is 5.97 Å². The average molecular weight is 307 g/mol. The summed E-state index contributed by atoms with van der Waals surface area (Å²) in [6.07, 6.45) is 0.101. The third kappa shape index (κ3) is 4.89. The van der Waals surface area contributed by atoms with Crippen LogP contribution in [0.1, 0.15) is 19.4 Å². The Balaban J connectivity index is 2.12. The number of hydrogen-bond acceptors (Lipinski definition) is 5. The van der Waals surface area contributed by atoms with E-state index in [1.807, 2.05) is 26.0 Å². The number of carboxylic acid groups (broad SMARTS) is 1. The highest BCUT2D eigenvalue weighted by Gasteiger charge is 2.16. The summed E-state index contributed by atoms with van der Waals surface area (Å²) in [7, 11) is 0. The van der Waals surface area contributed by atoms with Crippen molar-refractivity contribution in [2.24, 2.45) is 0 Å². The summed E-state index contributed by atoms with van der Waals surface area (Å²) in [6, 6.07) is 6.10. The molecule has 0 aliphatic carbocycles. The van der Waals surface area contributed by atoms with Crippen molar-refractivity contribution in [2.75, 3.05) is 37.6 Å². The monoisotopic (exact) mass is 307 g/mol. The van der Waals surface area contributed by atoms with Gasteiger partial charge in [-0.05, 0) is 31.5 Å². The molecule has 0 spiro atoms. The van der Waals surface area contributed by atoms with Crippen LogP contribution in [0.5, 0.6) is 5.75 Å². The smallest absolute Gasteiger partial charge is 0.317 e. The first-order valence-corrected chi connectivity index (χ1v) is 7.74.